The molecule has 8 heteroatoms. The third-order valence-electron chi connectivity index (χ3n) is 5.07. The SMILES string of the molecule is CCN(CC(=O)c1c(C)c(C(=O)OC)n(CC)c1C)S(=O)(=O)c1ccc(C)cc1. The monoisotopic (exact) mass is 420 g/mol. The molecule has 0 radical (unpaired) electrons. The van der Waals surface area contributed by atoms with Gasteiger partial charge in [0.05, 0.1) is 18.6 Å². The normalized spacial score (nSPS) is 11.7. The topological polar surface area (TPSA) is 85.7 Å². The van der Waals surface area contributed by atoms with Gasteiger partial charge in [-0.1, -0.05) is 24.6 Å². The fourth-order valence-electron chi connectivity index (χ4n) is 3.53. The third kappa shape index (κ3) is 4.28. The molecule has 1 aromatic carbocycles. The molecule has 0 unspecified atom stereocenters. The molecular weight excluding hydrogens is 392 g/mol. The van der Waals surface area contributed by atoms with Crippen LogP contribution < -0.4 is 0 Å². The molecule has 0 fully saturated rings. The second kappa shape index (κ2) is 8.92. The standard InChI is InChI=1S/C21H28N2O5S/c1-7-22(29(26,27)17-11-9-14(3)10-12-17)13-18(24)19-15(4)20(21(25)28-6)23(8-2)16(19)5/h9-12H,7-8,13H2,1-6H3. The van der Waals surface area contributed by atoms with Crippen LogP contribution in [0, 0.1) is 20.8 Å². The van der Waals surface area contributed by atoms with Crippen LogP contribution in [-0.4, -0.2) is 49.2 Å². The van der Waals surface area contributed by atoms with Gasteiger partial charge in [-0.05, 0) is 45.4 Å². The Balaban J connectivity index is 2.43. The van der Waals surface area contributed by atoms with Crippen molar-refractivity contribution in [2.24, 2.45) is 0 Å². The molecule has 0 bridgehead atoms. The number of esters is 1. The van der Waals surface area contributed by atoms with E-state index in [2.05, 4.69) is 0 Å². The summed E-state index contributed by atoms with van der Waals surface area (Å²) in [6, 6.07) is 6.52. The second-order valence-electron chi connectivity index (χ2n) is 6.84. The summed E-state index contributed by atoms with van der Waals surface area (Å²) in [5.74, 6) is -0.874. The van der Waals surface area contributed by atoms with Gasteiger partial charge >= 0.3 is 5.97 Å². The Morgan fingerprint density at radius 1 is 1.07 bits per heavy atom. The molecule has 0 aliphatic heterocycles. The van der Waals surface area contributed by atoms with Gasteiger partial charge in [-0.3, -0.25) is 4.79 Å². The number of methoxy groups -OCH3 is 1. The summed E-state index contributed by atoms with van der Waals surface area (Å²) >= 11 is 0. The molecule has 0 saturated carbocycles. The van der Waals surface area contributed by atoms with Crippen LogP contribution in [0.5, 0.6) is 0 Å². The number of ketones is 1. The van der Waals surface area contributed by atoms with Gasteiger partial charge in [-0.25, -0.2) is 13.2 Å². The molecule has 2 aromatic rings. The van der Waals surface area contributed by atoms with Gasteiger partial charge in [0.15, 0.2) is 5.78 Å². The third-order valence-corrected chi connectivity index (χ3v) is 7.01. The van der Waals surface area contributed by atoms with Gasteiger partial charge in [0.2, 0.25) is 10.0 Å². The Kier molecular flexibility index (Phi) is 7.02. The summed E-state index contributed by atoms with van der Waals surface area (Å²) < 4.78 is 33.7. The lowest BCUT2D eigenvalue weighted by Crippen LogP contribution is -2.35. The first kappa shape index (κ1) is 22.8. The maximum atomic E-state index is 13.1. The lowest BCUT2D eigenvalue weighted by Gasteiger charge is -2.20. The Morgan fingerprint density at radius 2 is 1.66 bits per heavy atom. The Hall–Kier alpha value is -2.45. The molecular formula is C21H28N2O5S. The summed E-state index contributed by atoms with van der Waals surface area (Å²) in [6.45, 7) is 9.21. The number of nitrogens with zero attached hydrogens (tertiary/aromatic N) is 2. The van der Waals surface area contributed by atoms with Crippen molar-refractivity contribution in [3.63, 3.8) is 0 Å². The van der Waals surface area contributed by atoms with E-state index in [0.717, 1.165) is 9.87 Å². The van der Waals surface area contributed by atoms with Gasteiger partial charge in [0.1, 0.15) is 5.69 Å². The van der Waals surface area contributed by atoms with Gasteiger partial charge in [0, 0.05) is 24.3 Å². The number of sulfonamides is 1. The van der Waals surface area contributed by atoms with Crippen LogP contribution >= 0.6 is 0 Å². The maximum Gasteiger partial charge on any atom is 0.354 e. The van der Waals surface area contributed by atoms with Crippen LogP contribution in [0.4, 0.5) is 0 Å². The number of hydrogen-bond donors (Lipinski definition) is 0. The highest BCUT2D eigenvalue weighted by molar-refractivity contribution is 7.89. The minimum atomic E-state index is -3.81. The van der Waals surface area contributed by atoms with Crippen LogP contribution in [0.2, 0.25) is 0 Å². The van der Waals surface area contributed by atoms with Gasteiger partial charge in [-0.2, -0.15) is 4.31 Å². The molecule has 1 aromatic heterocycles. The number of hydrogen-bond acceptors (Lipinski definition) is 5. The van der Waals surface area contributed by atoms with Crippen molar-refractivity contribution >= 4 is 21.8 Å². The number of Topliss-reactive ketones (excluding diaryl/α,β-unsaturated/α-hetero) is 1. The van der Waals surface area contributed by atoms with Crippen LogP contribution in [0.3, 0.4) is 0 Å². The number of aryl methyl sites for hydroxylation is 1. The lowest BCUT2D eigenvalue weighted by atomic mass is 10.1. The molecule has 0 saturated heterocycles. The van der Waals surface area contributed by atoms with Crippen molar-refractivity contribution in [2.75, 3.05) is 20.2 Å². The number of benzene rings is 1. The van der Waals surface area contributed by atoms with Crippen molar-refractivity contribution in [1.82, 2.24) is 8.87 Å². The predicted molar refractivity (Wildman–Crippen MR) is 111 cm³/mol. The summed E-state index contributed by atoms with van der Waals surface area (Å²) in [5, 5.41) is 0. The highest BCUT2D eigenvalue weighted by Gasteiger charge is 2.30. The number of carbonyl (C=O) groups is 2. The highest BCUT2D eigenvalue weighted by atomic mass is 32.2. The molecule has 0 aliphatic carbocycles. The van der Waals surface area contributed by atoms with Crippen molar-refractivity contribution in [2.45, 2.75) is 46.1 Å². The molecule has 7 nitrogen and oxygen atoms in total. The summed E-state index contributed by atoms with van der Waals surface area (Å²) in [6.07, 6.45) is 0. The number of carbonyl (C=O) groups excluding carboxylic acids is 2. The zero-order valence-corrected chi connectivity index (χ0v) is 18.6. The van der Waals surface area contributed by atoms with E-state index < -0.39 is 16.0 Å². The number of ether oxygens (including phenoxy) is 1. The van der Waals surface area contributed by atoms with Gasteiger partial charge in [0.25, 0.3) is 0 Å². The van der Waals surface area contributed by atoms with Crippen LogP contribution in [-0.2, 0) is 21.3 Å². The first-order valence-corrected chi connectivity index (χ1v) is 10.9. The van der Waals surface area contributed by atoms with Crippen LogP contribution in [0.25, 0.3) is 0 Å². The van der Waals surface area contributed by atoms with E-state index in [0.29, 0.717) is 29.1 Å². The fourth-order valence-corrected chi connectivity index (χ4v) is 4.93. The molecule has 158 valence electrons. The van der Waals surface area contributed by atoms with Crippen molar-refractivity contribution in [3.8, 4) is 0 Å². The van der Waals surface area contributed by atoms with E-state index in [1.165, 1.54) is 19.2 Å². The fraction of sp³-hybridized carbons (Fsp3) is 0.429. The van der Waals surface area contributed by atoms with E-state index in [1.807, 2.05) is 13.8 Å². The van der Waals surface area contributed by atoms with E-state index >= 15 is 0 Å². The van der Waals surface area contributed by atoms with Gasteiger partial charge in [-0.15, -0.1) is 0 Å². The number of rotatable bonds is 8. The first-order chi connectivity index (χ1) is 13.6. The molecule has 0 atom stereocenters. The Labute approximate surface area is 172 Å². The molecule has 2 rings (SSSR count). The van der Waals surface area contributed by atoms with Crippen LogP contribution in [0.15, 0.2) is 29.2 Å². The smallest absolute Gasteiger partial charge is 0.354 e. The molecule has 1 heterocycles. The Bertz CT molecular complexity index is 1020. The molecule has 0 amide bonds. The van der Waals surface area contributed by atoms with E-state index in [9.17, 15) is 18.0 Å². The van der Waals surface area contributed by atoms with Crippen molar-refractivity contribution in [1.29, 1.82) is 0 Å². The quantitative estimate of drug-likeness (QED) is 0.484. The van der Waals surface area contributed by atoms with E-state index in [1.54, 1.807) is 37.5 Å². The summed E-state index contributed by atoms with van der Waals surface area (Å²) in [5.41, 5.74) is 2.76. The van der Waals surface area contributed by atoms with Crippen molar-refractivity contribution in [3.05, 3.63) is 52.3 Å². The minimum Gasteiger partial charge on any atom is -0.464 e. The van der Waals surface area contributed by atoms with E-state index in [-0.39, 0.29) is 23.8 Å². The first-order valence-electron chi connectivity index (χ1n) is 9.48. The maximum absolute atomic E-state index is 13.1. The average molecular weight is 421 g/mol. The highest BCUT2D eigenvalue weighted by Crippen LogP contribution is 2.25. The second-order valence-corrected chi connectivity index (χ2v) is 8.78. The van der Waals surface area contributed by atoms with Crippen LogP contribution in [0.1, 0.15) is 51.5 Å². The Morgan fingerprint density at radius 3 is 2.14 bits per heavy atom. The molecule has 0 N–H and O–H groups in total. The molecule has 0 aliphatic rings. The molecule has 0 spiro atoms. The average Bonchev–Trinajstić information content (AvgIpc) is 2.95. The predicted octanol–water partition coefficient (Wildman–Crippen LogP) is 3.11. The minimum absolute atomic E-state index is 0.146. The number of aromatic nitrogens is 1. The zero-order chi connectivity index (χ0) is 21.9. The van der Waals surface area contributed by atoms with E-state index in [4.69, 9.17) is 4.74 Å². The molecule has 29 heavy (non-hydrogen) atoms. The zero-order valence-electron chi connectivity index (χ0n) is 17.8. The lowest BCUT2D eigenvalue weighted by molar-refractivity contribution is 0.0587. The summed E-state index contributed by atoms with van der Waals surface area (Å²) in [7, 11) is -2.52. The summed E-state index contributed by atoms with van der Waals surface area (Å²) in [4.78, 5) is 25.4. The van der Waals surface area contributed by atoms with Gasteiger partial charge < -0.3 is 9.30 Å². The largest absolute Gasteiger partial charge is 0.464 e. The number of likely N-dealkylation sites (N-methyl/N-ethyl adjacent to an activating group) is 1. The van der Waals surface area contributed by atoms with Crippen molar-refractivity contribution < 1.29 is 22.7 Å².